The van der Waals surface area contributed by atoms with Gasteiger partial charge in [0, 0.05) is 6.54 Å². The second-order valence-electron chi connectivity index (χ2n) is 4.39. The first kappa shape index (κ1) is 14.1. The van der Waals surface area contributed by atoms with Crippen LogP contribution in [0, 0.1) is 5.92 Å². The lowest BCUT2D eigenvalue weighted by Gasteiger charge is -2.31. The molecule has 2 rings (SSSR count). The lowest BCUT2D eigenvalue weighted by molar-refractivity contribution is 0.0453. The number of sulfonamides is 1. The van der Waals surface area contributed by atoms with Gasteiger partial charge in [-0.25, -0.2) is 13.1 Å². The second-order valence-corrected chi connectivity index (χ2v) is 6.91. The highest BCUT2D eigenvalue weighted by Crippen LogP contribution is 2.30. The maximum atomic E-state index is 12.1. The van der Waals surface area contributed by atoms with Crippen molar-refractivity contribution in [1.82, 2.24) is 4.72 Å². The number of hydrogen-bond donors (Lipinski definition) is 2. The Morgan fingerprint density at radius 3 is 2.33 bits per heavy atom. The Labute approximate surface area is 116 Å². The van der Waals surface area contributed by atoms with Gasteiger partial charge < -0.3 is 5.11 Å². The van der Waals surface area contributed by atoms with Crippen molar-refractivity contribution in [2.45, 2.75) is 23.8 Å². The molecule has 1 aromatic rings. The van der Waals surface area contributed by atoms with Crippen LogP contribution in [0.1, 0.15) is 12.8 Å². The van der Waals surface area contributed by atoms with Crippen LogP contribution in [0.2, 0.25) is 10.0 Å². The first-order chi connectivity index (χ1) is 8.40. The summed E-state index contributed by atoms with van der Waals surface area (Å²) in [6.45, 7) is 0.293. The van der Waals surface area contributed by atoms with E-state index >= 15 is 0 Å². The van der Waals surface area contributed by atoms with Crippen LogP contribution in [0.15, 0.2) is 23.1 Å². The number of benzene rings is 1. The maximum Gasteiger partial charge on any atom is 0.243 e. The van der Waals surface area contributed by atoms with E-state index in [1.165, 1.54) is 12.1 Å². The van der Waals surface area contributed by atoms with Crippen LogP contribution in [0.4, 0.5) is 0 Å². The summed E-state index contributed by atoms with van der Waals surface area (Å²) in [5, 5.41) is 9.33. The van der Waals surface area contributed by atoms with Crippen molar-refractivity contribution in [3.63, 3.8) is 0 Å². The third-order valence-electron chi connectivity index (χ3n) is 2.96. The molecule has 0 spiro atoms. The molecule has 0 amide bonds. The van der Waals surface area contributed by atoms with Gasteiger partial charge in [0.1, 0.15) is 4.90 Å². The minimum atomic E-state index is -3.71. The molecule has 1 aliphatic carbocycles. The van der Waals surface area contributed by atoms with E-state index < -0.39 is 10.0 Å². The van der Waals surface area contributed by atoms with Gasteiger partial charge in [-0.15, -0.1) is 0 Å². The van der Waals surface area contributed by atoms with Crippen LogP contribution in [0.25, 0.3) is 0 Å². The van der Waals surface area contributed by atoms with E-state index in [9.17, 15) is 8.42 Å². The highest BCUT2D eigenvalue weighted by atomic mass is 35.5. The van der Waals surface area contributed by atoms with E-state index in [1.807, 2.05) is 0 Å². The zero-order chi connectivity index (χ0) is 13.3. The molecule has 4 nitrogen and oxygen atoms in total. The molecule has 2 N–H and O–H groups in total. The van der Waals surface area contributed by atoms with Crippen molar-refractivity contribution in [2.75, 3.05) is 6.54 Å². The van der Waals surface area contributed by atoms with Gasteiger partial charge in [0.15, 0.2) is 0 Å². The minimum absolute atomic E-state index is 0.0896. The van der Waals surface area contributed by atoms with Crippen molar-refractivity contribution in [1.29, 1.82) is 0 Å². The van der Waals surface area contributed by atoms with Crippen molar-refractivity contribution in [3.8, 4) is 0 Å². The first-order valence-corrected chi connectivity index (χ1v) is 7.76. The molecule has 0 aromatic heterocycles. The predicted molar refractivity (Wildman–Crippen MR) is 70.4 cm³/mol. The second kappa shape index (κ2) is 5.35. The molecule has 0 bridgehead atoms. The Bertz CT molecular complexity index is 521. The normalized spacial score (nSPS) is 23.7. The molecule has 0 unspecified atom stereocenters. The average molecular weight is 310 g/mol. The molecule has 1 fully saturated rings. The summed E-state index contributed by atoms with van der Waals surface area (Å²) in [7, 11) is -3.71. The Kier molecular flexibility index (Phi) is 4.18. The van der Waals surface area contributed by atoms with E-state index in [2.05, 4.69) is 4.72 Å². The predicted octanol–water partition coefficient (Wildman–Crippen LogP) is 2.04. The van der Waals surface area contributed by atoms with Crippen LogP contribution < -0.4 is 4.72 Å². The van der Waals surface area contributed by atoms with Crippen LogP contribution in [0.3, 0.4) is 0 Å². The summed E-state index contributed by atoms with van der Waals surface area (Å²) >= 11 is 11.7. The standard InChI is InChI=1S/C11H13Cl2NO3S/c12-9-2-1-3-10(13)11(9)18(16,17)14-6-7-4-8(15)5-7/h1-3,7-8,14-15H,4-6H2. The van der Waals surface area contributed by atoms with Crippen LogP contribution in [-0.2, 0) is 10.0 Å². The van der Waals surface area contributed by atoms with Crippen LogP contribution >= 0.6 is 23.2 Å². The van der Waals surface area contributed by atoms with Crippen LogP contribution in [0.5, 0.6) is 0 Å². The molecular formula is C11H13Cl2NO3S. The molecule has 0 radical (unpaired) electrons. The van der Waals surface area contributed by atoms with Crippen molar-refractivity contribution < 1.29 is 13.5 Å². The molecule has 18 heavy (non-hydrogen) atoms. The molecule has 7 heteroatoms. The molecule has 0 atom stereocenters. The minimum Gasteiger partial charge on any atom is -0.393 e. The molecule has 100 valence electrons. The molecule has 1 saturated carbocycles. The van der Waals surface area contributed by atoms with Gasteiger partial charge in [-0.2, -0.15) is 0 Å². The number of halogens is 2. The zero-order valence-corrected chi connectivity index (χ0v) is 11.8. The summed E-state index contributed by atoms with van der Waals surface area (Å²) in [6, 6.07) is 4.55. The number of rotatable bonds is 4. The van der Waals surface area contributed by atoms with Gasteiger partial charge in [-0.1, -0.05) is 29.3 Å². The van der Waals surface area contributed by atoms with E-state index in [-0.39, 0.29) is 27.0 Å². The van der Waals surface area contributed by atoms with E-state index in [0.29, 0.717) is 19.4 Å². The maximum absolute atomic E-state index is 12.1. The van der Waals surface area contributed by atoms with Gasteiger partial charge >= 0.3 is 0 Å². The Morgan fingerprint density at radius 1 is 1.28 bits per heavy atom. The number of nitrogens with one attached hydrogen (secondary N) is 1. The topological polar surface area (TPSA) is 66.4 Å². The van der Waals surface area contributed by atoms with Crippen molar-refractivity contribution >= 4 is 33.2 Å². The van der Waals surface area contributed by atoms with Gasteiger partial charge in [0.25, 0.3) is 0 Å². The SMILES string of the molecule is O=S(=O)(NCC1CC(O)C1)c1c(Cl)cccc1Cl. The Hall–Kier alpha value is -0.330. The quantitative estimate of drug-likeness (QED) is 0.894. The van der Waals surface area contributed by atoms with Crippen molar-refractivity contribution in [2.24, 2.45) is 5.92 Å². The molecule has 1 aliphatic rings. The third-order valence-corrected chi connectivity index (χ3v) is 5.34. The summed E-state index contributed by atoms with van der Waals surface area (Å²) in [5.74, 6) is 0.177. The van der Waals surface area contributed by atoms with Crippen LogP contribution in [-0.4, -0.2) is 26.2 Å². The summed E-state index contributed by atoms with van der Waals surface area (Å²) in [5.41, 5.74) is 0. The lowest BCUT2D eigenvalue weighted by Crippen LogP contribution is -2.38. The first-order valence-electron chi connectivity index (χ1n) is 5.52. The zero-order valence-electron chi connectivity index (χ0n) is 9.44. The highest BCUT2D eigenvalue weighted by molar-refractivity contribution is 7.89. The van der Waals surface area contributed by atoms with Gasteiger partial charge in [-0.3, -0.25) is 0 Å². The average Bonchev–Trinajstić information content (AvgIpc) is 2.22. The molecule has 1 aromatic carbocycles. The molecular weight excluding hydrogens is 297 g/mol. The summed E-state index contributed by atoms with van der Waals surface area (Å²) in [4.78, 5) is -0.0896. The smallest absolute Gasteiger partial charge is 0.243 e. The monoisotopic (exact) mass is 309 g/mol. The number of aliphatic hydroxyl groups excluding tert-OH is 1. The van der Waals surface area contributed by atoms with Gasteiger partial charge in [0.05, 0.1) is 16.1 Å². The van der Waals surface area contributed by atoms with E-state index in [4.69, 9.17) is 28.3 Å². The fraction of sp³-hybridized carbons (Fsp3) is 0.455. The highest BCUT2D eigenvalue weighted by Gasteiger charge is 2.29. The number of hydrogen-bond acceptors (Lipinski definition) is 3. The third kappa shape index (κ3) is 2.97. The van der Waals surface area contributed by atoms with E-state index in [0.717, 1.165) is 0 Å². The number of aliphatic hydroxyl groups is 1. The van der Waals surface area contributed by atoms with Crippen molar-refractivity contribution in [3.05, 3.63) is 28.2 Å². The molecule has 0 saturated heterocycles. The fourth-order valence-electron chi connectivity index (χ4n) is 1.91. The van der Waals surface area contributed by atoms with E-state index in [1.54, 1.807) is 6.07 Å². The Morgan fingerprint density at radius 2 is 1.83 bits per heavy atom. The van der Waals surface area contributed by atoms with Gasteiger partial charge in [0.2, 0.25) is 10.0 Å². The molecule has 0 heterocycles. The lowest BCUT2D eigenvalue weighted by atomic mass is 9.83. The summed E-state index contributed by atoms with van der Waals surface area (Å²) < 4.78 is 26.6. The summed E-state index contributed by atoms with van der Waals surface area (Å²) in [6.07, 6.45) is 0.945. The van der Waals surface area contributed by atoms with Gasteiger partial charge in [-0.05, 0) is 30.9 Å². The Balaban J connectivity index is 2.11. The molecule has 0 aliphatic heterocycles. The largest absolute Gasteiger partial charge is 0.393 e. The fourth-order valence-corrected chi connectivity index (χ4v) is 4.16.